The number of aryl methyl sites for hydroxylation is 1. The number of carboxylic acids is 1. The van der Waals surface area contributed by atoms with Gasteiger partial charge in [-0.3, -0.25) is 4.79 Å². The predicted molar refractivity (Wildman–Crippen MR) is 99.9 cm³/mol. The van der Waals surface area contributed by atoms with E-state index in [2.05, 4.69) is 24.4 Å². The summed E-state index contributed by atoms with van der Waals surface area (Å²) in [6.07, 6.45) is 1.30. The zero-order chi connectivity index (χ0) is 19.1. The third-order valence-electron chi connectivity index (χ3n) is 3.73. The number of hydrogen-bond acceptors (Lipinski definition) is 4. The molecule has 1 amide bonds. The van der Waals surface area contributed by atoms with Crippen LogP contribution in [-0.4, -0.2) is 29.8 Å². The smallest absolute Gasteiger partial charge is 0.336 e. The maximum Gasteiger partial charge on any atom is 0.336 e. The van der Waals surface area contributed by atoms with Gasteiger partial charge in [0, 0.05) is 5.56 Å². The van der Waals surface area contributed by atoms with Crippen molar-refractivity contribution in [3.05, 3.63) is 64.7 Å². The zero-order valence-corrected chi connectivity index (χ0v) is 15.0. The van der Waals surface area contributed by atoms with Gasteiger partial charge in [-0.25, -0.2) is 10.2 Å². The quantitative estimate of drug-likeness (QED) is 0.589. The van der Waals surface area contributed by atoms with Crippen LogP contribution in [0.5, 0.6) is 5.75 Å². The minimum Gasteiger partial charge on any atom is -0.483 e. The van der Waals surface area contributed by atoms with Crippen LogP contribution in [0.2, 0.25) is 0 Å². The normalized spacial score (nSPS) is 10.9. The lowest BCUT2D eigenvalue weighted by atomic mass is 10.0. The average molecular weight is 354 g/mol. The van der Waals surface area contributed by atoms with E-state index in [1.165, 1.54) is 12.3 Å². The molecule has 6 nitrogen and oxygen atoms in total. The number of aromatic carboxylic acids is 1. The molecule has 2 rings (SSSR count). The van der Waals surface area contributed by atoms with Crippen molar-refractivity contribution in [1.29, 1.82) is 0 Å². The van der Waals surface area contributed by atoms with Gasteiger partial charge in [0.15, 0.2) is 6.61 Å². The first-order valence-electron chi connectivity index (χ1n) is 8.26. The van der Waals surface area contributed by atoms with Crippen molar-refractivity contribution < 1.29 is 19.4 Å². The molecular weight excluding hydrogens is 332 g/mol. The molecular formula is C20H22N2O4. The summed E-state index contributed by atoms with van der Waals surface area (Å²) in [7, 11) is 0. The molecule has 6 heteroatoms. The number of nitrogens with zero attached hydrogens (tertiary/aromatic N) is 1. The van der Waals surface area contributed by atoms with E-state index in [9.17, 15) is 9.59 Å². The van der Waals surface area contributed by atoms with Crippen LogP contribution in [0.25, 0.3) is 0 Å². The predicted octanol–water partition coefficient (Wildman–Crippen LogP) is 3.35. The third kappa shape index (κ3) is 5.17. The van der Waals surface area contributed by atoms with Gasteiger partial charge in [0.25, 0.3) is 5.91 Å². The molecule has 0 spiro atoms. The monoisotopic (exact) mass is 354 g/mol. The number of carbonyl (C=O) groups excluding carboxylic acids is 1. The fourth-order valence-corrected chi connectivity index (χ4v) is 2.40. The molecule has 0 saturated carbocycles. The molecule has 0 saturated heterocycles. The van der Waals surface area contributed by atoms with Gasteiger partial charge in [-0.2, -0.15) is 5.10 Å². The van der Waals surface area contributed by atoms with Gasteiger partial charge in [0.05, 0.1) is 11.8 Å². The van der Waals surface area contributed by atoms with Gasteiger partial charge >= 0.3 is 5.97 Å². The number of carbonyl (C=O) groups is 2. The number of amides is 1. The molecule has 0 aliphatic heterocycles. The molecule has 0 heterocycles. The number of carboxylic acid groups (broad SMARTS) is 1. The maximum atomic E-state index is 11.9. The second kappa shape index (κ2) is 8.80. The molecule has 0 atom stereocenters. The second-order valence-corrected chi connectivity index (χ2v) is 6.17. The number of benzene rings is 2. The fourth-order valence-electron chi connectivity index (χ4n) is 2.40. The second-order valence-electron chi connectivity index (χ2n) is 6.17. The van der Waals surface area contributed by atoms with Gasteiger partial charge < -0.3 is 9.84 Å². The Morgan fingerprint density at radius 1 is 1.23 bits per heavy atom. The molecule has 0 unspecified atom stereocenters. The highest BCUT2D eigenvalue weighted by atomic mass is 16.5. The van der Waals surface area contributed by atoms with Crippen LogP contribution in [0.1, 0.15) is 46.8 Å². The van der Waals surface area contributed by atoms with Gasteiger partial charge in [-0.15, -0.1) is 0 Å². The molecule has 0 aliphatic carbocycles. The van der Waals surface area contributed by atoms with Crippen molar-refractivity contribution in [2.75, 3.05) is 6.61 Å². The topological polar surface area (TPSA) is 88.0 Å². The van der Waals surface area contributed by atoms with Crippen LogP contribution in [0, 0.1) is 6.92 Å². The minimum atomic E-state index is -1.05. The van der Waals surface area contributed by atoms with E-state index in [1.54, 1.807) is 18.2 Å². The van der Waals surface area contributed by atoms with Crippen LogP contribution in [0.3, 0.4) is 0 Å². The Hall–Kier alpha value is -3.15. The first-order valence-corrected chi connectivity index (χ1v) is 8.26. The lowest BCUT2D eigenvalue weighted by molar-refractivity contribution is -0.123. The van der Waals surface area contributed by atoms with Crippen molar-refractivity contribution in [2.24, 2.45) is 5.10 Å². The molecule has 0 bridgehead atoms. The maximum absolute atomic E-state index is 11.9. The van der Waals surface area contributed by atoms with Gasteiger partial charge in [-0.1, -0.05) is 44.2 Å². The Morgan fingerprint density at radius 2 is 1.96 bits per heavy atom. The van der Waals surface area contributed by atoms with E-state index < -0.39 is 11.9 Å². The van der Waals surface area contributed by atoms with Crippen molar-refractivity contribution in [1.82, 2.24) is 5.43 Å². The summed E-state index contributed by atoms with van der Waals surface area (Å²) in [6.45, 7) is 5.89. The Bertz CT molecular complexity index is 828. The van der Waals surface area contributed by atoms with Crippen LogP contribution in [0.15, 0.2) is 47.6 Å². The summed E-state index contributed by atoms with van der Waals surface area (Å²) in [5.41, 5.74) is 4.94. The van der Waals surface area contributed by atoms with Gasteiger partial charge in [0.2, 0.25) is 0 Å². The van der Waals surface area contributed by atoms with Crippen molar-refractivity contribution in [3.8, 4) is 5.75 Å². The molecule has 0 aromatic heterocycles. The van der Waals surface area contributed by atoms with E-state index in [0.29, 0.717) is 11.3 Å². The summed E-state index contributed by atoms with van der Waals surface area (Å²) >= 11 is 0. The highest BCUT2D eigenvalue weighted by molar-refractivity contribution is 5.98. The summed E-state index contributed by atoms with van der Waals surface area (Å²) in [5, 5.41) is 12.9. The van der Waals surface area contributed by atoms with E-state index in [-0.39, 0.29) is 18.1 Å². The zero-order valence-electron chi connectivity index (χ0n) is 15.0. The highest BCUT2D eigenvalue weighted by Crippen LogP contribution is 2.27. The summed E-state index contributed by atoms with van der Waals surface area (Å²) in [5.74, 6) is -0.526. The molecule has 0 fully saturated rings. The Morgan fingerprint density at radius 3 is 2.65 bits per heavy atom. The van der Waals surface area contributed by atoms with Crippen molar-refractivity contribution in [3.63, 3.8) is 0 Å². The van der Waals surface area contributed by atoms with E-state index >= 15 is 0 Å². The lowest BCUT2D eigenvalue weighted by Gasteiger charge is -2.14. The van der Waals surface area contributed by atoms with Crippen molar-refractivity contribution >= 4 is 18.1 Å². The number of nitrogens with one attached hydrogen (secondary N) is 1. The third-order valence-corrected chi connectivity index (χ3v) is 3.73. The standard InChI is InChI=1S/C20H22N2O4/c1-13(2)16-9-8-14(3)10-18(16)26-12-19(23)22-21-11-15-6-4-5-7-17(15)20(24)25/h4-11,13H,12H2,1-3H3,(H,22,23)(H,24,25)/b21-11-. The van der Waals surface area contributed by atoms with Crippen molar-refractivity contribution in [2.45, 2.75) is 26.7 Å². The number of hydrogen-bond donors (Lipinski definition) is 2. The summed E-state index contributed by atoms with van der Waals surface area (Å²) in [6, 6.07) is 12.3. The molecule has 136 valence electrons. The fraction of sp³-hybridized carbons (Fsp3) is 0.250. The average Bonchev–Trinajstić information content (AvgIpc) is 2.60. The van der Waals surface area contributed by atoms with E-state index in [0.717, 1.165) is 11.1 Å². The van der Waals surface area contributed by atoms with Gasteiger partial charge in [0.1, 0.15) is 5.75 Å². The Labute approximate surface area is 152 Å². The Balaban J connectivity index is 1.96. The first-order chi connectivity index (χ1) is 12.4. The summed E-state index contributed by atoms with van der Waals surface area (Å²) in [4.78, 5) is 23.0. The molecule has 2 aromatic rings. The molecule has 0 radical (unpaired) electrons. The first kappa shape index (κ1) is 19.2. The number of ether oxygens (including phenoxy) is 1. The van der Waals surface area contributed by atoms with Crippen LogP contribution in [0.4, 0.5) is 0 Å². The largest absolute Gasteiger partial charge is 0.483 e. The highest BCUT2D eigenvalue weighted by Gasteiger charge is 2.10. The molecule has 2 aromatic carbocycles. The van der Waals surface area contributed by atoms with Gasteiger partial charge in [-0.05, 0) is 36.1 Å². The van der Waals surface area contributed by atoms with Crippen LogP contribution in [-0.2, 0) is 4.79 Å². The Kier molecular flexibility index (Phi) is 6.49. The van der Waals surface area contributed by atoms with Crippen LogP contribution < -0.4 is 10.2 Å². The lowest BCUT2D eigenvalue weighted by Crippen LogP contribution is -2.25. The summed E-state index contributed by atoms with van der Waals surface area (Å²) < 4.78 is 5.63. The number of rotatable bonds is 7. The molecule has 26 heavy (non-hydrogen) atoms. The van der Waals surface area contributed by atoms with Crippen LogP contribution >= 0.6 is 0 Å². The van der Waals surface area contributed by atoms with E-state index in [4.69, 9.17) is 9.84 Å². The molecule has 0 aliphatic rings. The van der Waals surface area contributed by atoms with E-state index in [1.807, 2.05) is 25.1 Å². The SMILES string of the molecule is Cc1ccc(C(C)C)c(OCC(=O)N/N=C\c2ccccc2C(=O)O)c1. The minimum absolute atomic E-state index is 0.114. The number of hydrazone groups is 1. The molecule has 2 N–H and O–H groups in total.